The van der Waals surface area contributed by atoms with Crippen LogP contribution in [0.2, 0.25) is 0 Å². The van der Waals surface area contributed by atoms with Crippen molar-refractivity contribution < 1.29 is 27.9 Å². The molecule has 0 bridgehead atoms. The summed E-state index contributed by atoms with van der Waals surface area (Å²) in [5.74, 6) is -1.99. The molecule has 1 saturated heterocycles. The molecule has 2 atom stereocenters. The molecule has 8 nitrogen and oxygen atoms in total. The zero-order chi connectivity index (χ0) is 13.1. The van der Waals surface area contributed by atoms with Crippen LogP contribution in [0.25, 0.3) is 0 Å². The molecule has 0 aromatic rings. The molecule has 0 aromatic carbocycles. The molecule has 0 radical (unpaired) electrons. The van der Waals surface area contributed by atoms with E-state index in [2.05, 4.69) is 5.32 Å². The standard InChI is InChI=1S/C8H14N2O6S/c9-17(14,15)4-3-10-7(11)5-1-2-6(16-5)8(12)13/h5-6H,1-4H2,(H,10,11)(H,12,13)(H2,9,14,15)/t5-,6+/m0/s1. The van der Waals surface area contributed by atoms with Gasteiger partial charge in [0.05, 0.1) is 5.75 Å². The van der Waals surface area contributed by atoms with Gasteiger partial charge in [-0.05, 0) is 12.8 Å². The molecule has 1 amide bonds. The van der Waals surface area contributed by atoms with Gasteiger partial charge in [0, 0.05) is 6.54 Å². The van der Waals surface area contributed by atoms with E-state index in [1.165, 1.54) is 0 Å². The Morgan fingerprint density at radius 3 is 2.41 bits per heavy atom. The van der Waals surface area contributed by atoms with Gasteiger partial charge in [-0.15, -0.1) is 0 Å². The first-order valence-electron chi connectivity index (χ1n) is 4.96. The van der Waals surface area contributed by atoms with E-state index in [1.54, 1.807) is 0 Å². The fourth-order valence-electron chi connectivity index (χ4n) is 1.44. The SMILES string of the molecule is NS(=O)(=O)CCNC(=O)[C@@H]1CC[C@H](C(=O)O)O1. The summed E-state index contributed by atoms with van der Waals surface area (Å²) in [4.78, 5) is 22.0. The monoisotopic (exact) mass is 266 g/mol. The maximum Gasteiger partial charge on any atom is 0.332 e. The van der Waals surface area contributed by atoms with Crippen molar-refractivity contribution in [3.05, 3.63) is 0 Å². The molecule has 1 fully saturated rings. The summed E-state index contributed by atoms with van der Waals surface area (Å²) in [6.45, 7) is -0.116. The molecule has 4 N–H and O–H groups in total. The molecule has 1 aliphatic heterocycles. The Hall–Kier alpha value is -1.19. The van der Waals surface area contributed by atoms with E-state index in [1.807, 2.05) is 0 Å². The third kappa shape index (κ3) is 4.67. The fourth-order valence-corrected chi connectivity index (χ4v) is 1.83. The van der Waals surface area contributed by atoms with Crippen LogP contribution in [-0.2, 0) is 24.3 Å². The first-order chi connectivity index (χ1) is 7.79. The van der Waals surface area contributed by atoms with E-state index < -0.39 is 34.1 Å². The summed E-state index contributed by atoms with van der Waals surface area (Å²) in [6, 6.07) is 0. The zero-order valence-electron chi connectivity index (χ0n) is 8.96. The average molecular weight is 266 g/mol. The molecule has 17 heavy (non-hydrogen) atoms. The minimum absolute atomic E-state index is 0.116. The van der Waals surface area contributed by atoms with Crippen LogP contribution in [0.3, 0.4) is 0 Å². The van der Waals surface area contributed by atoms with Crippen LogP contribution in [0.15, 0.2) is 0 Å². The molecule has 98 valence electrons. The van der Waals surface area contributed by atoms with E-state index in [-0.39, 0.29) is 18.7 Å². The quantitative estimate of drug-likeness (QED) is 0.527. The van der Waals surface area contributed by atoms with Crippen LogP contribution < -0.4 is 10.5 Å². The largest absolute Gasteiger partial charge is 0.479 e. The molecule has 1 heterocycles. The Labute approximate surface area is 98.2 Å². The lowest BCUT2D eigenvalue weighted by atomic mass is 10.2. The Balaban J connectivity index is 2.33. The number of hydrogen-bond acceptors (Lipinski definition) is 5. The van der Waals surface area contributed by atoms with E-state index in [4.69, 9.17) is 15.0 Å². The van der Waals surface area contributed by atoms with Gasteiger partial charge in [0.15, 0.2) is 6.10 Å². The summed E-state index contributed by atoms with van der Waals surface area (Å²) in [5, 5.41) is 15.7. The molecule has 0 spiro atoms. The van der Waals surface area contributed by atoms with Crippen LogP contribution in [0, 0.1) is 0 Å². The summed E-state index contributed by atoms with van der Waals surface area (Å²) in [7, 11) is -3.62. The van der Waals surface area contributed by atoms with Gasteiger partial charge in [-0.3, -0.25) is 4.79 Å². The second-order valence-corrected chi connectivity index (χ2v) is 5.42. The number of nitrogens with two attached hydrogens (primary N) is 1. The fraction of sp³-hybridized carbons (Fsp3) is 0.750. The Morgan fingerprint density at radius 1 is 1.35 bits per heavy atom. The van der Waals surface area contributed by atoms with Gasteiger partial charge in [-0.1, -0.05) is 0 Å². The highest BCUT2D eigenvalue weighted by molar-refractivity contribution is 7.89. The second-order valence-electron chi connectivity index (χ2n) is 3.69. The Bertz CT molecular complexity index is 406. The van der Waals surface area contributed by atoms with Gasteiger partial charge < -0.3 is 15.2 Å². The van der Waals surface area contributed by atoms with Crippen molar-refractivity contribution in [3.8, 4) is 0 Å². The van der Waals surface area contributed by atoms with Crippen molar-refractivity contribution in [1.29, 1.82) is 0 Å². The topological polar surface area (TPSA) is 136 Å². The first kappa shape index (κ1) is 13.9. The molecule has 0 aliphatic carbocycles. The average Bonchev–Trinajstić information content (AvgIpc) is 2.63. The molecule has 9 heteroatoms. The minimum Gasteiger partial charge on any atom is -0.479 e. The number of carbonyl (C=O) groups excluding carboxylic acids is 1. The van der Waals surface area contributed by atoms with Crippen LogP contribution in [0.5, 0.6) is 0 Å². The lowest BCUT2D eigenvalue weighted by molar-refractivity contribution is -0.151. The highest BCUT2D eigenvalue weighted by Gasteiger charge is 2.34. The number of sulfonamides is 1. The number of hydrogen-bond donors (Lipinski definition) is 3. The predicted octanol–water partition coefficient (Wildman–Crippen LogP) is -1.98. The second kappa shape index (κ2) is 5.43. The number of carboxylic acids is 1. The van der Waals surface area contributed by atoms with Gasteiger partial charge in [-0.2, -0.15) is 0 Å². The third-order valence-electron chi connectivity index (χ3n) is 2.27. The molecule has 0 aromatic heterocycles. The summed E-state index contributed by atoms with van der Waals surface area (Å²) < 4.78 is 26.2. The number of rotatable bonds is 5. The number of nitrogens with one attached hydrogen (secondary N) is 1. The van der Waals surface area contributed by atoms with E-state index in [0.717, 1.165) is 0 Å². The number of carboxylic acid groups (broad SMARTS) is 1. The summed E-state index contributed by atoms with van der Waals surface area (Å²) >= 11 is 0. The van der Waals surface area contributed by atoms with E-state index in [0.29, 0.717) is 6.42 Å². The lowest BCUT2D eigenvalue weighted by Gasteiger charge is -2.11. The lowest BCUT2D eigenvalue weighted by Crippen LogP contribution is -2.38. The van der Waals surface area contributed by atoms with Gasteiger partial charge in [0.2, 0.25) is 15.9 Å². The van der Waals surface area contributed by atoms with E-state index in [9.17, 15) is 18.0 Å². The zero-order valence-corrected chi connectivity index (χ0v) is 9.77. The Morgan fingerprint density at radius 2 is 1.94 bits per heavy atom. The third-order valence-corrected chi connectivity index (χ3v) is 3.05. The van der Waals surface area contributed by atoms with Crippen molar-refractivity contribution in [3.63, 3.8) is 0 Å². The Kier molecular flexibility index (Phi) is 4.43. The molecule has 1 rings (SSSR count). The molecule has 0 unspecified atom stereocenters. The first-order valence-corrected chi connectivity index (χ1v) is 6.67. The molecule has 1 aliphatic rings. The highest BCUT2D eigenvalue weighted by atomic mass is 32.2. The minimum atomic E-state index is -3.62. The van der Waals surface area contributed by atoms with Crippen LogP contribution >= 0.6 is 0 Å². The van der Waals surface area contributed by atoms with Crippen molar-refractivity contribution in [2.75, 3.05) is 12.3 Å². The number of amides is 1. The summed E-state index contributed by atoms with van der Waals surface area (Å²) in [5.41, 5.74) is 0. The maximum absolute atomic E-state index is 11.4. The van der Waals surface area contributed by atoms with Crippen molar-refractivity contribution in [2.24, 2.45) is 5.14 Å². The van der Waals surface area contributed by atoms with Crippen LogP contribution in [-0.4, -0.2) is 49.9 Å². The van der Waals surface area contributed by atoms with Crippen molar-refractivity contribution in [1.82, 2.24) is 5.32 Å². The summed E-state index contributed by atoms with van der Waals surface area (Å²) in [6.07, 6.45) is -1.23. The number of aliphatic carboxylic acids is 1. The van der Waals surface area contributed by atoms with Crippen molar-refractivity contribution in [2.45, 2.75) is 25.0 Å². The van der Waals surface area contributed by atoms with E-state index >= 15 is 0 Å². The molecular weight excluding hydrogens is 252 g/mol. The number of primary sulfonamides is 1. The molecule has 0 saturated carbocycles. The van der Waals surface area contributed by atoms with Crippen LogP contribution in [0.1, 0.15) is 12.8 Å². The predicted molar refractivity (Wildman–Crippen MR) is 56.5 cm³/mol. The van der Waals surface area contributed by atoms with Gasteiger partial charge in [0.25, 0.3) is 0 Å². The molecular formula is C8H14N2O6S. The van der Waals surface area contributed by atoms with Gasteiger partial charge >= 0.3 is 5.97 Å². The number of ether oxygens (including phenoxy) is 1. The smallest absolute Gasteiger partial charge is 0.332 e. The maximum atomic E-state index is 11.4. The number of carbonyl (C=O) groups is 2. The normalized spacial score (nSPS) is 24.5. The van der Waals surface area contributed by atoms with Gasteiger partial charge in [0.1, 0.15) is 6.10 Å². The van der Waals surface area contributed by atoms with Crippen molar-refractivity contribution >= 4 is 21.9 Å². The highest BCUT2D eigenvalue weighted by Crippen LogP contribution is 2.19. The van der Waals surface area contributed by atoms with Crippen LogP contribution in [0.4, 0.5) is 0 Å². The van der Waals surface area contributed by atoms with Gasteiger partial charge in [-0.25, -0.2) is 18.4 Å².